The van der Waals surface area contributed by atoms with Crippen molar-refractivity contribution in [2.75, 3.05) is 6.54 Å². The molecule has 7 heteroatoms. The summed E-state index contributed by atoms with van der Waals surface area (Å²) in [6.07, 6.45) is -1.89. The number of aliphatic hydroxyl groups is 1. The van der Waals surface area contributed by atoms with Gasteiger partial charge in [-0.25, -0.2) is 4.79 Å². The number of hydrogen-bond donors (Lipinski definition) is 2. The molecular weight excluding hydrogens is 335 g/mol. The van der Waals surface area contributed by atoms with E-state index >= 15 is 0 Å². The maximum atomic E-state index is 12.3. The maximum Gasteiger partial charge on any atom is 0.407 e. The summed E-state index contributed by atoms with van der Waals surface area (Å²) in [4.78, 5) is 12.0. The van der Waals surface area contributed by atoms with E-state index in [0.29, 0.717) is 6.42 Å². The van der Waals surface area contributed by atoms with Crippen molar-refractivity contribution in [3.8, 4) is 0 Å². The van der Waals surface area contributed by atoms with Gasteiger partial charge in [-0.1, -0.05) is 27.2 Å². The highest BCUT2D eigenvalue weighted by Crippen LogP contribution is 2.57. The lowest BCUT2D eigenvalue weighted by atomic mass is 9.51. The van der Waals surface area contributed by atoms with Crippen LogP contribution in [0.1, 0.15) is 59.8 Å². The molecule has 0 heterocycles. The molecule has 2 N–H and O–H groups in total. The zero-order valence-electron chi connectivity index (χ0n) is 15.4. The third kappa shape index (κ3) is 4.60. The number of amides is 1. The minimum Gasteiger partial charge on any atom is -0.446 e. The Morgan fingerprint density at radius 2 is 1.92 bits per heavy atom. The van der Waals surface area contributed by atoms with Crippen molar-refractivity contribution in [3.63, 3.8) is 0 Å². The van der Waals surface area contributed by atoms with Gasteiger partial charge in [0.2, 0.25) is 0 Å². The Bertz CT molecular complexity index is 492. The molecule has 25 heavy (non-hydrogen) atoms. The maximum absolute atomic E-state index is 12.3. The number of alkyl halides is 3. The van der Waals surface area contributed by atoms with Crippen LogP contribution >= 0.6 is 0 Å². The molecule has 2 saturated carbocycles. The zero-order chi connectivity index (χ0) is 19.0. The van der Waals surface area contributed by atoms with Crippen molar-refractivity contribution in [2.24, 2.45) is 23.2 Å². The predicted octanol–water partition coefficient (Wildman–Crippen LogP) is 4.27. The van der Waals surface area contributed by atoms with E-state index < -0.39 is 30.5 Å². The number of carbonyl (C=O) groups excluding carboxylic acids is 1. The van der Waals surface area contributed by atoms with E-state index in [1.54, 1.807) is 12.2 Å². The van der Waals surface area contributed by atoms with E-state index in [9.17, 15) is 23.1 Å². The molecule has 146 valence electrons. The van der Waals surface area contributed by atoms with Crippen molar-refractivity contribution < 1.29 is 27.8 Å². The standard InChI is InChI=1S/C18H30F3NO3/c1-11(2)12-6-9-16(3)7-5-8-17(4,24)14(16)13(12)25-15(23)22-10-18(19,20)21/h11-14,24H,5-10H2,1-4H3,(H,22,23)/t12-,13-,14+,16+,17+/m0/s1. The smallest absolute Gasteiger partial charge is 0.407 e. The van der Waals surface area contributed by atoms with Crippen molar-refractivity contribution in [2.45, 2.75) is 77.7 Å². The van der Waals surface area contributed by atoms with Gasteiger partial charge in [-0.05, 0) is 49.9 Å². The fraction of sp³-hybridized carbons (Fsp3) is 0.944. The average Bonchev–Trinajstić information content (AvgIpc) is 2.42. The third-order valence-electron chi connectivity index (χ3n) is 6.18. The van der Waals surface area contributed by atoms with Crippen LogP contribution in [0.5, 0.6) is 0 Å². The van der Waals surface area contributed by atoms with E-state index in [2.05, 4.69) is 6.92 Å². The van der Waals surface area contributed by atoms with E-state index in [1.165, 1.54) is 0 Å². The van der Waals surface area contributed by atoms with Gasteiger partial charge in [0.25, 0.3) is 0 Å². The molecule has 0 unspecified atom stereocenters. The number of ether oxygens (including phenoxy) is 1. The number of rotatable bonds is 3. The molecule has 0 aromatic rings. The lowest BCUT2D eigenvalue weighted by molar-refractivity contribution is -0.185. The Hall–Kier alpha value is -0.980. The summed E-state index contributed by atoms with van der Waals surface area (Å²) in [6.45, 7) is 6.50. The van der Waals surface area contributed by atoms with Crippen LogP contribution in [-0.2, 0) is 4.74 Å². The highest BCUT2D eigenvalue weighted by Gasteiger charge is 2.57. The Labute approximate surface area is 147 Å². The number of nitrogens with one attached hydrogen (secondary N) is 1. The van der Waals surface area contributed by atoms with Crippen LogP contribution < -0.4 is 5.32 Å². The van der Waals surface area contributed by atoms with Gasteiger partial charge in [-0.15, -0.1) is 0 Å². The molecule has 0 spiro atoms. The quantitative estimate of drug-likeness (QED) is 0.785. The van der Waals surface area contributed by atoms with Crippen LogP contribution in [0.2, 0.25) is 0 Å². The monoisotopic (exact) mass is 365 g/mol. The molecule has 2 aliphatic carbocycles. The van der Waals surface area contributed by atoms with Gasteiger partial charge in [0.05, 0.1) is 5.60 Å². The van der Waals surface area contributed by atoms with Gasteiger partial charge in [-0.3, -0.25) is 0 Å². The van der Waals surface area contributed by atoms with Gasteiger partial charge in [0, 0.05) is 5.92 Å². The second-order valence-electron chi connectivity index (χ2n) is 8.63. The van der Waals surface area contributed by atoms with Crippen LogP contribution in [0.4, 0.5) is 18.0 Å². The Morgan fingerprint density at radius 3 is 2.48 bits per heavy atom. The molecule has 0 aliphatic heterocycles. The highest BCUT2D eigenvalue weighted by molar-refractivity contribution is 5.67. The molecule has 2 aliphatic rings. The fourth-order valence-electron chi connectivity index (χ4n) is 5.06. The summed E-state index contributed by atoms with van der Waals surface area (Å²) >= 11 is 0. The number of fused-ring (bicyclic) bond motifs is 1. The van der Waals surface area contributed by atoms with Gasteiger partial charge in [-0.2, -0.15) is 13.2 Å². The van der Waals surface area contributed by atoms with E-state index in [4.69, 9.17) is 4.74 Å². The number of halogens is 3. The fourth-order valence-corrected chi connectivity index (χ4v) is 5.06. The first-order valence-corrected chi connectivity index (χ1v) is 9.09. The highest BCUT2D eigenvalue weighted by atomic mass is 19.4. The Balaban J connectivity index is 2.22. The predicted molar refractivity (Wildman–Crippen MR) is 88.0 cm³/mol. The van der Waals surface area contributed by atoms with E-state index in [0.717, 1.165) is 25.7 Å². The average molecular weight is 365 g/mol. The van der Waals surface area contributed by atoms with Gasteiger partial charge >= 0.3 is 12.3 Å². The number of carbonyl (C=O) groups is 1. The summed E-state index contributed by atoms with van der Waals surface area (Å²) in [6, 6.07) is 0. The van der Waals surface area contributed by atoms with Crippen LogP contribution in [0, 0.1) is 23.2 Å². The molecule has 0 aromatic heterocycles. The summed E-state index contributed by atoms with van der Waals surface area (Å²) in [7, 11) is 0. The lowest BCUT2D eigenvalue weighted by Crippen LogP contribution is -2.60. The minimum atomic E-state index is -4.48. The molecule has 4 nitrogen and oxygen atoms in total. The minimum absolute atomic E-state index is 0.0271. The number of alkyl carbamates (subject to hydrolysis) is 1. The Morgan fingerprint density at radius 1 is 1.28 bits per heavy atom. The molecule has 5 atom stereocenters. The molecule has 0 bridgehead atoms. The first-order valence-electron chi connectivity index (χ1n) is 9.09. The van der Waals surface area contributed by atoms with Crippen molar-refractivity contribution >= 4 is 6.09 Å². The van der Waals surface area contributed by atoms with Crippen LogP contribution in [0.25, 0.3) is 0 Å². The Kier molecular flexibility index (Phi) is 5.67. The summed E-state index contributed by atoms with van der Waals surface area (Å²) in [5, 5.41) is 12.8. The SMILES string of the molecule is CC(C)[C@@H]1CC[C@@]2(C)CCC[C@@](C)(O)[C@@H]2[C@H]1OC(=O)NCC(F)(F)F. The largest absolute Gasteiger partial charge is 0.446 e. The number of hydrogen-bond acceptors (Lipinski definition) is 3. The van der Waals surface area contributed by atoms with Gasteiger partial charge < -0.3 is 15.2 Å². The normalized spacial score (nSPS) is 39.0. The first-order chi connectivity index (χ1) is 11.4. The second kappa shape index (κ2) is 6.97. The van der Waals surface area contributed by atoms with Crippen molar-refractivity contribution in [3.05, 3.63) is 0 Å². The topological polar surface area (TPSA) is 58.6 Å². The molecular formula is C18H30F3NO3. The van der Waals surface area contributed by atoms with Crippen LogP contribution in [0.15, 0.2) is 0 Å². The first kappa shape index (κ1) is 20.3. The van der Waals surface area contributed by atoms with Crippen molar-refractivity contribution in [1.29, 1.82) is 0 Å². The zero-order valence-corrected chi connectivity index (χ0v) is 15.4. The third-order valence-corrected chi connectivity index (χ3v) is 6.18. The van der Waals surface area contributed by atoms with Crippen LogP contribution in [-0.4, -0.2) is 35.6 Å². The summed E-state index contributed by atoms with van der Waals surface area (Å²) < 4.78 is 42.5. The van der Waals surface area contributed by atoms with Crippen molar-refractivity contribution in [1.82, 2.24) is 5.32 Å². The molecule has 1 amide bonds. The van der Waals surface area contributed by atoms with Crippen LogP contribution in [0.3, 0.4) is 0 Å². The van der Waals surface area contributed by atoms with Gasteiger partial charge in [0.1, 0.15) is 12.6 Å². The molecule has 2 fully saturated rings. The van der Waals surface area contributed by atoms with E-state index in [1.807, 2.05) is 13.8 Å². The molecule has 0 aromatic carbocycles. The molecule has 0 radical (unpaired) electrons. The second-order valence-corrected chi connectivity index (χ2v) is 8.63. The lowest BCUT2D eigenvalue weighted by Gasteiger charge is -2.57. The molecule has 2 rings (SSSR count). The van der Waals surface area contributed by atoms with E-state index in [-0.39, 0.29) is 23.2 Å². The molecule has 0 saturated heterocycles. The summed E-state index contributed by atoms with van der Waals surface area (Å²) in [5.74, 6) is -0.0338. The summed E-state index contributed by atoms with van der Waals surface area (Å²) in [5.41, 5.74) is -1.16. The van der Waals surface area contributed by atoms with Gasteiger partial charge in [0.15, 0.2) is 0 Å².